The molecule has 1 aliphatic carbocycles. The molecule has 0 heterocycles. The second-order valence-electron chi connectivity index (χ2n) is 5.87. The van der Waals surface area contributed by atoms with Gasteiger partial charge in [0.05, 0.1) is 0 Å². The predicted molar refractivity (Wildman–Crippen MR) is 82.2 cm³/mol. The van der Waals surface area contributed by atoms with E-state index in [1.165, 1.54) is 25.7 Å². The van der Waals surface area contributed by atoms with Crippen molar-refractivity contribution in [3.05, 3.63) is 35.9 Å². The number of rotatable bonds is 4. The normalized spacial score (nSPS) is 18.3. The molecule has 0 aliphatic heterocycles. The third-order valence-electron chi connectivity index (χ3n) is 4.39. The third-order valence-corrected chi connectivity index (χ3v) is 4.39. The molecule has 0 radical (unpaired) electrons. The summed E-state index contributed by atoms with van der Waals surface area (Å²) >= 11 is 0. The second kappa shape index (κ2) is 7.44. The van der Waals surface area contributed by atoms with Crippen LogP contribution in [-0.2, 0) is 4.79 Å². The van der Waals surface area contributed by atoms with E-state index in [2.05, 4.69) is 0 Å². The maximum absolute atomic E-state index is 12.4. The minimum absolute atomic E-state index is 0.174. The molecule has 2 N–H and O–H groups in total. The molecule has 1 aromatic carbocycles. The molecular formula is C17H26N2O. The fourth-order valence-corrected chi connectivity index (χ4v) is 3.00. The Hall–Kier alpha value is -1.35. The average Bonchev–Trinajstić information content (AvgIpc) is 2.76. The molecule has 3 nitrogen and oxygen atoms in total. The van der Waals surface area contributed by atoms with Gasteiger partial charge in [-0.3, -0.25) is 4.79 Å². The molecule has 3 heteroatoms. The summed E-state index contributed by atoms with van der Waals surface area (Å²) in [6, 6.07) is 10.1. The zero-order valence-electron chi connectivity index (χ0n) is 12.4. The monoisotopic (exact) mass is 274 g/mol. The van der Waals surface area contributed by atoms with Crippen molar-refractivity contribution in [1.82, 2.24) is 4.90 Å². The van der Waals surface area contributed by atoms with E-state index in [1.807, 2.05) is 42.3 Å². The molecule has 0 bridgehead atoms. The number of carbonyl (C=O) groups excluding carboxylic acids is 1. The summed E-state index contributed by atoms with van der Waals surface area (Å²) in [4.78, 5) is 14.3. The summed E-state index contributed by atoms with van der Waals surface area (Å²) in [7, 11) is 1.94. The minimum Gasteiger partial charge on any atom is -0.343 e. The van der Waals surface area contributed by atoms with Crippen molar-refractivity contribution in [3.8, 4) is 0 Å². The fraction of sp³-hybridized carbons (Fsp3) is 0.588. The number of amides is 1. The lowest BCUT2D eigenvalue weighted by molar-refractivity contribution is -0.132. The van der Waals surface area contributed by atoms with Gasteiger partial charge < -0.3 is 10.6 Å². The van der Waals surface area contributed by atoms with Gasteiger partial charge in [0, 0.05) is 25.6 Å². The van der Waals surface area contributed by atoms with E-state index >= 15 is 0 Å². The fourth-order valence-electron chi connectivity index (χ4n) is 3.00. The Labute approximate surface area is 122 Å². The lowest BCUT2D eigenvalue weighted by Gasteiger charge is -2.28. The summed E-state index contributed by atoms with van der Waals surface area (Å²) in [5.74, 6) is 0.174. The number of nitrogens with zero attached hydrogens (tertiary/aromatic N) is 1. The van der Waals surface area contributed by atoms with E-state index in [0.717, 1.165) is 18.4 Å². The Kier molecular flexibility index (Phi) is 5.60. The predicted octanol–water partition coefficient (Wildman–Crippen LogP) is 3.26. The van der Waals surface area contributed by atoms with Gasteiger partial charge in [-0.1, -0.05) is 56.0 Å². The summed E-state index contributed by atoms with van der Waals surface area (Å²) in [6.07, 6.45) is 7.78. The molecule has 1 unspecified atom stereocenters. The molecule has 1 saturated carbocycles. The van der Waals surface area contributed by atoms with Crippen LogP contribution in [0.3, 0.4) is 0 Å². The van der Waals surface area contributed by atoms with Crippen molar-refractivity contribution in [2.75, 3.05) is 7.05 Å². The summed E-state index contributed by atoms with van der Waals surface area (Å²) < 4.78 is 0. The van der Waals surface area contributed by atoms with Crippen molar-refractivity contribution in [1.29, 1.82) is 0 Å². The standard InChI is InChI=1S/C17H26N2O/c1-19(15-11-7-2-3-8-12-15)17(20)13-16(18)14-9-5-4-6-10-14/h4-6,9-10,15-16H,2-3,7-8,11-13,18H2,1H3. The molecule has 110 valence electrons. The van der Waals surface area contributed by atoms with Gasteiger partial charge in [0.25, 0.3) is 0 Å². The molecule has 0 spiro atoms. The van der Waals surface area contributed by atoms with Crippen LogP contribution >= 0.6 is 0 Å². The van der Waals surface area contributed by atoms with E-state index in [9.17, 15) is 4.79 Å². The van der Waals surface area contributed by atoms with Crippen LogP contribution in [0.15, 0.2) is 30.3 Å². The summed E-state index contributed by atoms with van der Waals surface area (Å²) in [5, 5.41) is 0. The van der Waals surface area contributed by atoms with Crippen LogP contribution in [0.2, 0.25) is 0 Å². The molecular weight excluding hydrogens is 248 g/mol. The molecule has 1 atom stereocenters. The van der Waals surface area contributed by atoms with E-state index < -0.39 is 0 Å². The molecule has 1 amide bonds. The van der Waals surface area contributed by atoms with Gasteiger partial charge in [-0.25, -0.2) is 0 Å². The number of nitrogens with two attached hydrogens (primary N) is 1. The van der Waals surface area contributed by atoms with Crippen LogP contribution in [-0.4, -0.2) is 23.9 Å². The topological polar surface area (TPSA) is 46.3 Å². The van der Waals surface area contributed by atoms with Crippen LogP contribution in [0.4, 0.5) is 0 Å². The maximum atomic E-state index is 12.4. The van der Waals surface area contributed by atoms with E-state index in [-0.39, 0.29) is 11.9 Å². The van der Waals surface area contributed by atoms with E-state index in [0.29, 0.717) is 12.5 Å². The van der Waals surface area contributed by atoms with Gasteiger partial charge in [0.1, 0.15) is 0 Å². The summed E-state index contributed by atoms with van der Waals surface area (Å²) in [5.41, 5.74) is 7.18. The zero-order valence-corrected chi connectivity index (χ0v) is 12.4. The van der Waals surface area contributed by atoms with Crippen molar-refractivity contribution in [2.24, 2.45) is 5.73 Å². The number of benzene rings is 1. The Morgan fingerprint density at radius 3 is 2.40 bits per heavy atom. The minimum atomic E-state index is -0.197. The number of carbonyl (C=O) groups is 1. The van der Waals surface area contributed by atoms with Gasteiger partial charge >= 0.3 is 0 Å². The molecule has 1 aliphatic rings. The smallest absolute Gasteiger partial charge is 0.224 e. The molecule has 0 saturated heterocycles. The van der Waals surface area contributed by atoms with Gasteiger partial charge in [0.2, 0.25) is 5.91 Å². The first kappa shape index (κ1) is 15.0. The Bertz CT molecular complexity index is 410. The number of hydrogen-bond acceptors (Lipinski definition) is 2. The van der Waals surface area contributed by atoms with Crippen molar-refractivity contribution < 1.29 is 4.79 Å². The van der Waals surface area contributed by atoms with Gasteiger partial charge in [-0.2, -0.15) is 0 Å². The third kappa shape index (κ3) is 4.07. The quantitative estimate of drug-likeness (QED) is 0.857. The highest BCUT2D eigenvalue weighted by Crippen LogP contribution is 2.23. The van der Waals surface area contributed by atoms with Crippen molar-refractivity contribution in [3.63, 3.8) is 0 Å². The van der Waals surface area contributed by atoms with Crippen LogP contribution in [0, 0.1) is 0 Å². The Morgan fingerprint density at radius 1 is 1.20 bits per heavy atom. The maximum Gasteiger partial charge on any atom is 0.224 e. The van der Waals surface area contributed by atoms with Crippen LogP contribution < -0.4 is 5.73 Å². The van der Waals surface area contributed by atoms with Crippen molar-refractivity contribution in [2.45, 2.75) is 57.0 Å². The number of hydrogen-bond donors (Lipinski definition) is 1. The molecule has 0 aromatic heterocycles. The summed E-state index contributed by atoms with van der Waals surface area (Å²) in [6.45, 7) is 0. The largest absolute Gasteiger partial charge is 0.343 e. The van der Waals surface area contributed by atoms with Crippen LogP contribution in [0.5, 0.6) is 0 Å². The highest BCUT2D eigenvalue weighted by atomic mass is 16.2. The van der Waals surface area contributed by atoms with Gasteiger partial charge in [0.15, 0.2) is 0 Å². The van der Waals surface area contributed by atoms with Crippen molar-refractivity contribution >= 4 is 5.91 Å². The lowest BCUT2D eigenvalue weighted by Crippen LogP contribution is -2.38. The van der Waals surface area contributed by atoms with Gasteiger partial charge in [-0.05, 0) is 18.4 Å². The first-order chi connectivity index (χ1) is 9.68. The molecule has 1 fully saturated rings. The SMILES string of the molecule is CN(C(=O)CC(N)c1ccccc1)C1CCCCCC1. The first-order valence-corrected chi connectivity index (χ1v) is 7.74. The molecule has 1 aromatic rings. The average molecular weight is 274 g/mol. The zero-order chi connectivity index (χ0) is 14.4. The van der Waals surface area contributed by atoms with Crippen LogP contribution in [0.25, 0.3) is 0 Å². The second-order valence-corrected chi connectivity index (χ2v) is 5.87. The van der Waals surface area contributed by atoms with E-state index in [1.54, 1.807) is 0 Å². The first-order valence-electron chi connectivity index (χ1n) is 7.74. The Balaban J connectivity index is 1.90. The van der Waals surface area contributed by atoms with E-state index in [4.69, 9.17) is 5.73 Å². The lowest BCUT2D eigenvalue weighted by atomic mass is 10.0. The Morgan fingerprint density at radius 2 is 1.80 bits per heavy atom. The highest BCUT2D eigenvalue weighted by Gasteiger charge is 2.22. The molecule has 2 rings (SSSR count). The molecule has 20 heavy (non-hydrogen) atoms. The highest BCUT2D eigenvalue weighted by molar-refractivity contribution is 5.77. The van der Waals surface area contributed by atoms with Crippen LogP contribution in [0.1, 0.15) is 56.6 Å². The van der Waals surface area contributed by atoms with Gasteiger partial charge in [-0.15, -0.1) is 0 Å².